The van der Waals surface area contributed by atoms with Crippen molar-refractivity contribution in [2.24, 2.45) is 0 Å². The molecule has 6 heteroatoms. The third-order valence-electron chi connectivity index (χ3n) is 5.33. The van der Waals surface area contributed by atoms with E-state index < -0.39 is 5.92 Å². The lowest BCUT2D eigenvalue weighted by Gasteiger charge is -2.17. The molecule has 1 aliphatic rings. The Morgan fingerprint density at radius 2 is 1.96 bits per heavy atom. The number of amides is 1. The van der Waals surface area contributed by atoms with Crippen LogP contribution in [-0.2, 0) is 17.6 Å². The van der Waals surface area contributed by atoms with Gasteiger partial charge in [0.2, 0.25) is 5.91 Å². The average Bonchev–Trinajstić information content (AvgIpc) is 3.37. The Bertz CT molecular complexity index is 879. The summed E-state index contributed by atoms with van der Waals surface area (Å²) < 4.78 is 0. The molecular formula is C21H23N5O. The van der Waals surface area contributed by atoms with Crippen LogP contribution in [0.4, 0.5) is 0 Å². The molecule has 0 saturated carbocycles. The molecule has 0 bridgehead atoms. The number of nitrogens with one attached hydrogen (secondary N) is 2. The summed E-state index contributed by atoms with van der Waals surface area (Å²) in [5.41, 5.74) is 3.96. The van der Waals surface area contributed by atoms with Gasteiger partial charge in [0.15, 0.2) is 5.82 Å². The maximum absolute atomic E-state index is 12.9. The van der Waals surface area contributed by atoms with Crippen molar-refractivity contribution in [1.82, 2.24) is 25.9 Å². The number of aromatic nitrogens is 4. The zero-order valence-corrected chi connectivity index (χ0v) is 15.1. The summed E-state index contributed by atoms with van der Waals surface area (Å²) in [6, 6.07) is 18.7. The lowest BCUT2D eigenvalue weighted by molar-refractivity contribution is -0.122. The second-order valence-corrected chi connectivity index (χ2v) is 7.03. The minimum Gasteiger partial charge on any atom is -0.355 e. The number of fused-ring (bicyclic) bond motifs is 1. The van der Waals surface area contributed by atoms with Gasteiger partial charge in [-0.2, -0.15) is 5.21 Å². The van der Waals surface area contributed by atoms with Crippen LogP contribution in [0.3, 0.4) is 0 Å². The van der Waals surface area contributed by atoms with Crippen molar-refractivity contribution in [3.8, 4) is 0 Å². The first-order valence-electron chi connectivity index (χ1n) is 9.44. The number of carbonyl (C=O) groups excluding carboxylic acids is 1. The summed E-state index contributed by atoms with van der Waals surface area (Å²) in [7, 11) is 0. The van der Waals surface area contributed by atoms with Crippen molar-refractivity contribution in [2.45, 2.75) is 37.5 Å². The third-order valence-corrected chi connectivity index (χ3v) is 5.33. The Balaban J connectivity index is 1.40. The molecule has 2 N–H and O–H groups in total. The van der Waals surface area contributed by atoms with Gasteiger partial charge in [0, 0.05) is 12.5 Å². The molecule has 0 aliphatic heterocycles. The van der Waals surface area contributed by atoms with Crippen LogP contribution in [0, 0.1) is 0 Å². The minimum atomic E-state index is -0.402. The van der Waals surface area contributed by atoms with Crippen molar-refractivity contribution in [2.75, 3.05) is 6.54 Å². The van der Waals surface area contributed by atoms with E-state index in [9.17, 15) is 4.79 Å². The summed E-state index contributed by atoms with van der Waals surface area (Å²) in [4.78, 5) is 12.9. The fourth-order valence-corrected chi connectivity index (χ4v) is 3.85. The summed E-state index contributed by atoms with van der Waals surface area (Å²) in [5.74, 6) is 0.401. The molecule has 27 heavy (non-hydrogen) atoms. The number of aryl methyl sites for hydroxylation is 2. The fourth-order valence-electron chi connectivity index (χ4n) is 3.85. The predicted molar refractivity (Wildman–Crippen MR) is 102 cm³/mol. The maximum atomic E-state index is 12.9. The van der Waals surface area contributed by atoms with E-state index in [2.05, 4.69) is 62.3 Å². The summed E-state index contributed by atoms with van der Waals surface area (Å²) in [6.07, 6.45) is 3.60. The van der Waals surface area contributed by atoms with Gasteiger partial charge in [-0.3, -0.25) is 4.79 Å². The molecule has 2 unspecified atom stereocenters. The van der Waals surface area contributed by atoms with Crippen molar-refractivity contribution in [3.05, 3.63) is 77.1 Å². The van der Waals surface area contributed by atoms with E-state index >= 15 is 0 Å². The Hall–Kier alpha value is -3.02. The molecule has 1 aromatic heterocycles. The minimum absolute atomic E-state index is 0.0308. The number of hydrogen-bond acceptors (Lipinski definition) is 4. The highest BCUT2D eigenvalue weighted by atomic mass is 16.1. The zero-order chi connectivity index (χ0) is 18.5. The molecule has 2 atom stereocenters. The van der Waals surface area contributed by atoms with Gasteiger partial charge in [-0.15, -0.1) is 10.2 Å². The SMILES string of the molecule is O=C(NCC1CCc2ccccc21)C(CCc1ccccc1)c1nn[nH]n1. The monoisotopic (exact) mass is 361 g/mol. The van der Waals surface area contributed by atoms with Gasteiger partial charge in [0.1, 0.15) is 5.92 Å². The first kappa shape index (κ1) is 17.4. The average molecular weight is 361 g/mol. The second kappa shape index (κ2) is 8.12. The predicted octanol–water partition coefficient (Wildman–Crippen LogP) is 2.76. The van der Waals surface area contributed by atoms with Crippen LogP contribution in [0.5, 0.6) is 0 Å². The van der Waals surface area contributed by atoms with Crippen molar-refractivity contribution in [1.29, 1.82) is 0 Å². The van der Waals surface area contributed by atoms with Gasteiger partial charge < -0.3 is 5.32 Å². The van der Waals surface area contributed by atoms with E-state index in [0.29, 0.717) is 24.7 Å². The smallest absolute Gasteiger partial charge is 0.230 e. The van der Waals surface area contributed by atoms with Crippen molar-refractivity contribution >= 4 is 5.91 Å². The topological polar surface area (TPSA) is 83.6 Å². The van der Waals surface area contributed by atoms with Gasteiger partial charge in [-0.25, -0.2) is 0 Å². The number of rotatable bonds is 7. The number of carbonyl (C=O) groups is 1. The van der Waals surface area contributed by atoms with Gasteiger partial charge in [0.05, 0.1) is 0 Å². The maximum Gasteiger partial charge on any atom is 0.230 e. The highest BCUT2D eigenvalue weighted by molar-refractivity contribution is 5.82. The van der Waals surface area contributed by atoms with Gasteiger partial charge in [-0.1, -0.05) is 59.8 Å². The molecule has 0 radical (unpaired) electrons. The van der Waals surface area contributed by atoms with Gasteiger partial charge in [-0.05, 0) is 42.4 Å². The molecular weight excluding hydrogens is 338 g/mol. The standard InChI is InChI=1S/C21H23N5O/c27-21(22-14-17-12-11-16-8-4-5-9-18(16)17)19(20-23-25-26-24-20)13-10-15-6-2-1-3-7-15/h1-9,17,19H,10-14H2,(H,22,27)(H,23,24,25,26). The van der Waals surface area contributed by atoms with Crippen LogP contribution >= 0.6 is 0 Å². The zero-order valence-electron chi connectivity index (χ0n) is 15.1. The molecule has 1 amide bonds. The first-order valence-corrected chi connectivity index (χ1v) is 9.44. The highest BCUT2D eigenvalue weighted by Gasteiger charge is 2.27. The number of aromatic amines is 1. The largest absolute Gasteiger partial charge is 0.355 e. The van der Waals surface area contributed by atoms with Gasteiger partial charge in [0.25, 0.3) is 0 Å². The Morgan fingerprint density at radius 1 is 1.15 bits per heavy atom. The van der Waals surface area contributed by atoms with Gasteiger partial charge >= 0.3 is 0 Å². The molecule has 2 aromatic carbocycles. The lowest BCUT2D eigenvalue weighted by Crippen LogP contribution is -2.33. The number of H-pyrrole nitrogens is 1. The van der Waals surface area contributed by atoms with E-state index in [-0.39, 0.29) is 5.91 Å². The summed E-state index contributed by atoms with van der Waals surface area (Å²) in [6.45, 7) is 0.648. The normalized spacial score (nSPS) is 16.7. The van der Waals surface area contributed by atoms with Crippen molar-refractivity contribution < 1.29 is 4.79 Å². The molecule has 0 saturated heterocycles. The molecule has 0 spiro atoms. The van der Waals surface area contributed by atoms with E-state index in [4.69, 9.17) is 0 Å². The quantitative estimate of drug-likeness (QED) is 0.678. The molecule has 0 fully saturated rings. The van der Waals surface area contributed by atoms with Crippen LogP contribution in [-0.4, -0.2) is 33.1 Å². The van der Waals surface area contributed by atoms with Crippen LogP contribution in [0.2, 0.25) is 0 Å². The van der Waals surface area contributed by atoms with E-state index in [1.54, 1.807) is 0 Å². The lowest BCUT2D eigenvalue weighted by atomic mass is 9.97. The summed E-state index contributed by atoms with van der Waals surface area (Å²) >= 11 is 0. The van der Waals surface area contributed by atoms with E-state index in [0.717, 1.165) is 19.3 Å². The molecule has 1 heterocycles. The highest BCUT2D eigenvalue weighted by Crippen LogP contribution is 2.32. The molecule has 4 rings (SSSR count). The molecule has 138 valence electrons. The van der Waals surface area contributed by atoms with Crippen LogP contribution in [0.15, 0.2) is 54.6 Å². The van der Waals surface area contributed by atoms with E-state index in [1.165, 1.54) is 16.7 Å². The van der Waals surface area contributed by atoms with Crippen LogP contribution in [0.1, 0.15) is 47.2 Å². The Morgan fingerprint density at radius 3 is 2.78 bits per heavy atom. The number of hydrogen-bond donors (Lipinski definition) is 2. The van der Waals surface area contributed by atoms with Crippen LogP contribution in [0.25, 0.3) is 0 Å². The third kappa shape index (κ3) is 4.05. The van der Waals surface area contributed by atoms with Crippen molar-refractivity contribution in [3.63, 3.8) is 0 Å². The number of benzene rings is 2. The number of tetrazole rings is 1. The molecule has 6 nitrogen and oxygen atoms in total. The van der Waals surface area contributed by atoms with E-state index in [1.807, 2.05) is 18.2 Å². The Kier molecular flexibility index (Phi) is 5.23. The fraction of sp³-hybridized carbons (Fsp3) is 0.333. The second-order valence-electron chi connectivity index (χ2n) is 7.03. The summed E-state index contributed by atoms with van der Waals surface area (Å²) in [5, 5.41) is 17.3. The van der Waals surface area contributed by atoms with Crippen LogP contribution < -0.4 is 5.32 Å². The molecule has 3 aromatic rings. The Labute approximate surface area is 158 Å². The first-order chi connectivity index (χ1) is 13.3. The number of nitrogens with zero attached hydrogens (tertiary/aromatic N) is 3. The molecule has 1 aliphatic carbocycles.